The van der Waals surface area contributed by atoms with Crippen LogP contribution in [0.2, 0.25) is 0 Å². The second kappa shape index (κ2) is 14.1. The van der Waals surface area contributed by atoms with Gasteiger partial charge in [-0.25, -0.2) is 0 Å². The van der Waals surface area contributed by atoms with Gasteiger partial charge in [0, 0.05) is 40.2 Å². The fourth-order valence-electron chi connectivity index (χ4n) is 5.90. The number of para-hydroxylation sites is 2. The molecule has 3 aromatic heterocycles. The average Bonchev–Trinajstić information content (AvgIpc) is 3.80. The number of hydrogen-bond donors (Lipinski definition) is 0. The van der Waals surface area contributed by atoms with Gasteiger partial charge < -0.3 is 9.55 Å². The van der Waals surface area contributed by atoms with E-state index in [4.69, 9.17) is 13.2 Å². The first-order chi connectivity index (χ1) is 26.0. The molecule has 5 heteroatoms. The van der Waals surface area contributed by atoms with Crippen molar-refractivity contribution in [3.8, 4) is 39.5 Å². The average molecular weight is 832 g/mol. The first kappa shape index (κ1) is 25.8. The molecule has 0 atom stereocenters. The topological polar surface area (TPSA) is 30.7 Å². The van der Waals surface area contributed by atoms with E-state index in [2.05, 4.69) is 124 Å². The number of aromatic nitrogens is 3. The molecule has 0 fully saturated rings. The minimum absolute atomic E-state index is 0. The van der Waals surface area contributed by atoms with Crippen molar-refractivity contribution in [3.05, 3.63) is 174 Å². The van der Waals surface area contributed by atoms with E-state index >= 15 is 0 Å². The van der Waals surface area contributed by atoms with Crippen LogP contribution in [0.3, 0.4) is 0 Å². The fourth-order valence-corrected chi connectivity index (χ4v) is 6.88. The van der Waals surface area contributed by atoms with E-state index < -0.39 is 13.7 Å². The summed E-state index contributed by atoms with van der Waals surface area (Å²) in [7, 11) is 0. The van der Waals surface area contributed by atoms with Crippen LogP contribution in [0, 0.1) is 25.2 Å². The maximum Gasteiger partial charge on any atom is 0.0774 e. The summed E-state index contributed by atoms with van der Waals surface area (Å²) in [5.41, 5.74) is 8.19. The summed E-state index contributed by atoms with van der Waals surface area (Å²) in [6.07, 6.45) is 1.30. The Morgan fingerprint density at radius 1 is 0.673 bits per heavy atom. The summed E-state index contributed by atoms with van der Waals surface area (Å²) in [5.74, 6) is 0.926. The number of pyridine rings is 1. The number of nitrogens with zero attached hydrogens (tertiary/aromatic N) is 3. The van der Waals surface area contributed by atoms with E-state index in [1.54, 1.807) is 23.5 Å². The van der Waals surface area contributed by atoms with Gasteiger partial charge in [-0.2, -0.15) is 0 Å². The fraction of sp³-hybridized carbons (Fsp3) is 0.0455. The van der Waals surface area contributed by atoms with Gasteiger partial charge in [-0.1, -0.05) is 125 Å². The van der Waals surface area contributed by atoms with Gasteiger partial charge >= 0.3 is 0 Å². The third-order valence-electron chi connectivity index (χ3n) is 8.27. The summed E-state index contributed by atoms with van der Waals surface area (Å²) in [6, 6.07) is 51.0. The summed E-state index contributed by atoms with van der Waals surface area (Å²) in [5, 5.41) is 7.30. The molecule has 9 aromatic rings. The number of rotatable bonds is 4. The first-order valence-corrected chi connectivity index (χ1v) is 16.3. The minimum Gasteiger partial charge on any atom is -0.333 e. The number of benzene rings is 6. The Hall–Kier alpha value is -5.19. The van der Waals surface area contributed by atoms with Crippen molar-refractivity contribution in [1.82, 2.24) is 14.5 Å². The third kappa shape index (κ3) is 6.49. The molecule has 0 unspecified atom stereocenters. The molecule has 239 valence electrons. The zero-order chi connectivity index (χ0) is 37.5. The molecule has 3 nitrogen and oxygen atoms in total. The second-order valence-corrected chi connectivity index (χ2v) is 12.2. The van der Waals surface area contributed by atoms with Crippen LogP contribution >= 0.6 is 11.3 Å². The molecule has 0 bridgehead atoms. The normalized spacial score (nSPS) is 13.2. The molecule has 1 radical (unpaired) electrons. The predicted octanol–water partition coefficient (Wildman–Crippen LogP) is 11.7. The minimum atomic E-state index is -2.18. The van der Waals surface area contributed by atoms with Crippen LogP contribution in [0.4, 0.5) is 0 Å². The Labute approximate surface area is 312 Å². The maximum atomic E-state index is 7.28. The first-order valence-electron chi connectivity index (χ1n) is 18.5. The molecular weight excluding hydrogens is 795 g/mol. The molecule has 6 aromatic carbocycles. The van der Waals surface area contributed by atoms with Gasteiger partial charge in [-0.3, -0.25) is 16.3 Å². The van der Waals surface area contributed by atoms with Crippen molar-refractivity contribution in [2.45, 2.75) is 13.7 Å². The molecular formula is C44H31IrN3S-2. The SMILES string of the molecule is [2H]C([2H])([2H])c1c[c-]c(-c2ccc(C([2H])([2H])[2H])cn2)cc1.[Ir].[c-]1sc2c(ccc3ccccc32)c1-c1nc2ccccc2n1-c1ccc(-c2ccccc2)cc1. The van der Waals surface area contributed by atoms with E-state index in [1.807, 2.05) is 12.1 Å². The van der Waals surface area contributed by atoms with Crippen LogP contribution < -0.4 is 0 Å². The van der Waals surface area contributed by atoms with Crippen molar-refractivity contribution in [3.63, 3.8) is 0 Å². The van der Waals surface area contributed by atoms with Crippen LogP contribution in [-0.4, -0.2) is 14.5 Å². The van der Waals surface area contributed by atoms with E-state index in [9.17, 15) is 0 Å². The molecule has 0 saturated carbocycles. The Morgan fingerprint density at radius 3 is 2.20 bits per heavy atom. The summed E-state index contributed by atoms with van der Waals surface area (Å²) in [6.45, 7) is -4.34. The third-order valence-corrected chi connectivity index (χ3v) is 9.22. The van der Waals surface area contributed by atoms with Crippen molar-refractivity contribution < 1.29 is 28.3 Å². The maximum absolute atomic E-state index is 7.28. The number of fused-ring (bicyclic) bond motifs is 4. The van der Waals surface area contributed by atoms with E-state index in [-0.39, 0.29) is 31.2 Å². The molecule has 0 amide bonds. The summed E-state index contributed by atoms with van der Waals surface area (Å²) >= 11 is 1.67. The molecule has 0 saturated heterocycles. The number of aryl methyl sites for hydroxylation is 2. The number of hydrogen-bond acceptors (Lipinski definition) is 3. The van der Waals surface area contributed by atoms with Gasteiger partial charge in [-0.05, 0) is 58.9 Å². The van der Waals surface area contributed by atoms with Crippen LogP contribution in [0.1, 0.15) is 19.4 Å². The quantitative estimate of drug-likeness (QED) is 0.165. The van der Waals surface area contributed by atoms with Crippen molar-refractivity contribution >= 4 is 43.2 Å². The Kier molecular flexibility index (Phi) is 7.43. The van der Waals surface area contributed by atoms with Crippen LogP contribution in [0.15, 0.2) is 152 Å². The Morgan fingerprint density at radius 2 is 1.43 bits per heavy atom. The van der Waals surface area contributed by atoms with Crippen LogP contribution in [0.25, 0.3) is 71.4 Å². The molecule has 49 heavy (non-hydrogen) atoms. The van der Waals surface area contributed by atoms with Crippen molar-refractivity contribution in [2.75, 3.05) is 0 Å². The molecule has 9 rings (SSSR count). The molecule has 0 spiro atoms. The number of imidazole rings is 1. The van der Waals surface area contributed by atoms with Crippen LogP contribution in [0.5, 0.6) is 0 Å². The zero-order valence-corrected chi connectivity index (χ0v) is 29.2. The zero-order valence-electron chi connectivity index (χ0n) is 32.0. The van der Waals surface area contributed by atoms with Gasteiger partial charge in [0.05, 0.1) is 16.9 Å². The second-order valence-electron chi connectivity index (χ2n) is 11.3. The van der Waals surface area contributed by atoms with Crippen molar-refractivity contribution in [2.24, 2.45) is 0 Å². The van der Waals surface area contributed by atoms with Crippen molar-refractivity contribution in [1.29, 1.82) is 0 Å². The number of thiophene rings is 1. The van der Waals surface area contributed by atoms with Crippen LogP contribution in [-0.2, 0) is 20.1 Å². The molecule has 0 aliphatic heterocycles. The summed E-state index contributed by atoms with van der Waals surface area (Å²) in [4.78, 5) is 9.16. The van der Waals surface area contributed by atoms with Gasteiger partial charge in [0.1, 0.15) is 0 Å². The molecule has 0 N–H and O–H groups in total. The van der Waals surface area contributed by atoms with Gasteiger partial charge in [-0.15, -0.1) is 46.8 Å². The smallest absolute Gasteiger partial charge is 0.0774 e. The van der Waals surface area contributed by atoms with E-state index in [1.165, 1.54) is 56.4 Å². The Balaban J connectivity index is 0.000000191. The molecule has 0 aliphatic rings. The Bertz CT molecular complexity index is 2670. The largest absolute Gasteiger partial charge is 0.333 e. The van der Waals surface area contributed by atoms with Gasteiger partial charge in [0.2, 0.25) is 0 Å². The monoisotopic (exact) mass is 832 g/mol. The summed E-state index contributed by atoms with van der Waals surface area (Å²) < 4.78 is 47.2. The van der Waals surface area contributed by atoms with Gasteiger partial charge in [0.25, 0.3) is 0 Å². The molecule has 0 aliphatic carbocycles. The van der Waals surface area contributed by atoms with Gasteiger partial charge in [0.15, 0.2) is 0 Å². The van der Waals surface area contributed by atoms with E-state index in [0.717, 1.165) is 28.1 Å². The predicted molar refractivity (Wildman–Crippen MR) is 202 cm³/mol. The molecule has 3 heterocycles. The standard InChI is InChI=1S/C31H19N2S.C13H12N.Ir/c1-2-8-21(9-3-1)22-14-17-24(18-15-22)33-29-13-7-6-12-28(29)32-31(33)27-20-34-30-25-11-5-4-10-23(25)16-19-26(27)30;1-10-3-6-12(7-4-10)13-8-5-11(2)9-14-13;/h1-19H;3-6,8-9H,1-2H3;/q2*-1;/i;1D3,2D3;. The van der Waals surface area contributed by atoms with E-state index in [0.29, 0.717) is 11.3 Å².